The highest BCUT2D eigenvalue weighted by molar-refractivity contribution is 5.95. The average molecular weight is 361 g/mol. The van der Waals surface area contributed by atoms with Crippen molar-refractivity contribution >= 4 is 11.9 Å². The number of hydrogen-bond donors (Lipinski definition) is 3. The van der Waals surface area contributed by atoms with E-state index in [2.05, 4.69) is 23.1 Å². The van der Waals surface area contributed by atoms with Gasteiger partial charge in [-0.25, -0.2) is 10.2 Å². The van der Waals surface area contributed by atoms with Gasteiger partial charge in [0.15, 0.2) is 0 Å². The first-order chi connectivity index (χ1) is 12.7. The molecule has 0 heterocycles. The first-order valence-electron chi connectivity index (χ1n) is 9.78. The Morgan fingerprint density at radius 2 is 1.73 bits per heavy atom. The van der Waals surface area contributed by atoms with E-state index in [1.807, 2.05) is 0 Å². The number of hydrogen-bond acceptors (Lipinski definition) is 3. The summed E-state index contributed by atoms with van der Waals surface area (Å²) in [5.41, 5.74) is 5.32. The van der Waals surface area contributed by atoms with E-state index in [4.69, 9.17) is 4.74 Å². The molecule has 144 valence electrons. The van der Waals surface area contributed by atoms with Crippen molar-refractivity contribution in [3.8, 4) is 5.75 Å². The van der Waals surface area contributed by atoms with Gasteiger partial charge in [0.1, 0.15) is 5.75 Å². The lowest BCUT2D eigenvalue weighted by Gasteiger charge is -2.22. The molecule has 1 saturated carbocycles. The number of hydrazine groups is 1. The van der Waals surface area contributed by atoms with Gasteiger partial charge < -0.3 is 10.1 Å². The second kappa shape index (κ2) is 11.4. The van der Waals surface area contributed by atoms with Crippen molar-refractivity contribution in [1.29, 1.82) is 0 Å². The minimum absolute atomic E-state index is 0.203. The number of benzene rings is 1. The summed E-state index contributed by atoms with van der Waals surface area (Å²) in [7, 11) is 0. The lowest BCUT2D eigenvalue weighted by molar-refractivity contribution is 0.0935. The SMILES string of the molecule is CCCCCCOc1ccc(C(=O)NNC(=O)NC2CCCCC2)cc1. The lowest BCUT2D eigenvalue weighted by atomic mass is 9.96. The standard InChI is InChI=1S/C20H31N3O3/c1-2-3-4-8-15-26-18-13-11-16(12-14-18)19(24)22-23-20(25)21-17-9-6-5-7-10-17/h11-14,17H,2-10,15H2,1H3,(H,22,24)(H2,21,23,25). The molecule has 2 rings (SSSR count). The fourth-order valence-electron chi connectivity index (χ4n) is 3.08. The predicted octanol–water partition coefficient (Wildman–Crippen LogP) is 3.92. The van der Waals surface area contributed by atoms with Gasteiger partial charge in [-0.15, -0.1) is 0 Å². The molecule has 26 heavy (non-hydrogen) atoms. The maximum absolute atomic E-state index is 12.1. The summed E-state index contributed by atoms with van der Waals surface area (Å²) < 4.78 is 5.66. The van der Waals surface area contributed by atoms with E-state index in [1.54, 1.807) is 24.3 Å². The highest BCUT2D eigenvalue weighted by atomic mass is 16.5. The van der Waals surface area contributed by atoms with Crippen molar-refractivity contribution in [2.24, 2.45) is 0 Å². The van der Waals surface area contributed by atoms with Crippen molar-refractivity contribution < 1.29 is 14.3 Å². The van der Waals surface area contributed by atoms with E-state index in [1.165, 1.54) is 25.7 Å². The Kier molecular flexibility index (Phi) is 8.79. The highest BCUT2D eigenvalue weighted by Gasteiger charge is 2.16. The zero-order valence-electron chi connectivity index (χ0n) is 15.7. The fraction of sp³-hybridized carbons (Fsp3) is 0.600. The van der Waals surface area contributed by atoms with Crippen molar-refractivity contribution in [3.63, 3.8) is 0 Å². The molecule has 0 unspecified atom stereocenters. The molecule has 0 aliphatic heterocycles. The van der Waals surface area contributed by atoms with Crippen LogP contribution in [0, 0.1) is 0 Å². The number of carbonyl (C=O) groups is 2. The molecule has 1 fully saturated rings. The van der Waals surface area contributed by atoms with Crippen LogP contribution in [0.15, 0.2) is 24.3 Å². The van der Waals surface area contributed by atoms with Gasteiger partial charge >= 0.3 is 6.03 Å². The summed E-state index contributed by atoms with van der Waals surface area (Å²) in [4.78, 5) is 23.9. The van der Waals surface area contributed by atoms with Crippen molar-refractivity contribution in [2.75, 3.05) is 6.61 Å². The largest absolute Gasteiger partial charge is 0.494 e. The molecule has 1 aliphatic rings. The molecule has 3 N–H and O–H groups in total. The van der Waals surface area contributed by atoms with Gasteiger partial charge in [-0.05, 0) is 43.5 Å². The molecule has 0 bridgehead atoms. The molecule has 0 aromatic heterocycles. The fourth-order valence-corrected chi connectivity index (χ4v) is 3.08. The molecule has 6 heteroatoms. The van der Waals surface area contributed by atoms with Crippen LogP contribution < -0.4 is 20.9 Å². The van der Waals surface area contributed by atoms with E-state index >= 15 is 0 Å². The quantitative estimate of drug-likeness (QED) is 0.485. The molecule has 0 saturated heterocycles. The Hall–Kier alpha value is -2.24. The first kappa shape index (κ1) is 20.1. The molecule has 0 spiro atoms. The number of unbranched alkanes of at least 4 members (excludes halogenated alkanes) is 3. The second-order valence-corrected chi connectivity index (χ2v) is 6.82. The number of rotatable bonds is 8. The second-order valence-electron chi connectivity index (χ2n) is 6.82. The molecule has 1 aromatic carbocycles. The lowest BCUT2D eigenvalue weighted by Crippen LogP contribution is -2.50. The smallest absolute Gasteiger partial charge is 0.333 e. The summed E-state index contributed by atoms with van der Waals surface area (Å²) in [6, 6.07) is 6.77. The molecule has 1 aromatic rings. The van der Waals surface area contributed by atoms with E-state index in [-0.39, 0.29) is 18.0 Å². The molecule has 1 aliphatic carbocycles. The summed E-state index contributed by atoms with van der Waals surface area (Å²) in [5.74, 6) is 0.402. The van der Waals surface area contributed by atoms with Gasteiger partial charge in [0.25, 0.3) is 5.91 Å². The number of amides is 3. The third-order valence-electron chi connectivity index (χ3n) is 4.61. The van der Waals surface area contributed by atoms with E-state index in [0.29, 0.717) is 12.2 Å². The van der Waals surface area contributed by atoms with Gasteiger partial charge in [-0.2, -0.15) is 0 Å². The Labute approximate surface area is 156 Å². The highest BCUT2D eigenvalue weighted by Crippen LogP contribution is 2.17. The van der Waals surface area contributed by atoms with E-state index in [9.17, 15) is 9.59 Å². The van der Waals surface area contributed by atoms with Crippen LogP contribution in [0.3, 0.4) is 0 Å². The van der Waals surface area contributed by atoms with Gasteiger partial charge in [0.2, 0.25) is 0 Å². The van der Waals surface area contributed by atoms with Gasteiger partial charge in [0, 0.05) is 11.6 Å². The average Bonchev–Trinajstić information content (AvgIpc) is 2.67. The minimum Gasteiger partial charge on any atom is -0.494 e. The Balaban J connectivity index is 1.67. The van der Waals surface area contributed by atoms with Crippen molar-refractivity contribution in [1.82, 2.24) is 16.2 Å². The van der Waals surface area contributed by atoms with Crippen LogP contribution in [0.1, 0.15) is 75.1 Å². The molecule has 3 amide bonds. The Bertz CT molecular complexity index is 554. The van der Waals surface area contributed by atoms with E-state index in [0.717, 1.165) is 37.9 Å². The molecule has 0 radical (unpaired) electrons. The zero-order chi connectivity index (χ0) is 18.6. The van der Waals surface area contributed by atoms with E-state index < -0.39 is 0 Å². The van der Waals surface area contributed by atoms with Gasteiger partial charge in [0.05, 0.1) is 6.61 Å². The van der Waals surface area contributed by atoms with Crippen LogP contribution in [0.4, 0.5) is 4.79 Å². The Morgan fingerprint density at radius 3 is 2.42 bits per heavy atom. The van der Waals surface area contributed by atoms with Crippen molar-refractivity contribution in [3.05, 3.63) is 29.8 Å². The molecule has 0 atom stereocenters. The van der Waals surface area contributed by atoms with Crippen LogP contribution >= 0.6 is 0 Å². The monoisotopic (exact) mass is 361 g/mol. The van der Waals surface area contributed by atoms with Gasteiger partial charge in [-0.3, -0.25) is 10.2 Å². The van der Waals surface area contributed by atoms with Crippen LogP contribution in [-0.2, 0) is 0 Å². The van der Waals surface area contributed by atoms with Gasteiger partial charge in [-0.1, -0.05) is 45.4 Å². The first-order valence-corrected chi connectivity index (χ1v) is 9.78. The van der Waals surface area contributed by atoms with Crippen molar-refractivity contribution in [2.45, 2.75) is 70.8 Å². The normalized spacial score (nSPS) is 14.5. The van der Waals surface area contributed by atoms with Crippen LogP contribution in [0.2, 0.25) is 0 Å². The topological polar surface area (TPSA) is 79.5 Å². The third kappa shape index (κ3) is 7.33. The number of nitrogens with one attached hydrogen (secondary N) is 3. The Morgan fingerprint density at radius 1 is 1.00 bits per heavy atom. The minimum atomic E-state index is -0.364. The summed E-state index contributed by atoms with van der Waals surface area (Å²) in [6.45, 7) is 2.87. The predicted molar refractivity (Wildman–Crippen MR) is 102 cm³/mol. The number of carbonyl (C=O) groups excluding carboxylic acids is 2. The molecular weight excluding hydrogens is 330 g/mol. The molecular formula is C20H31N3O3. The third-order valence-corrected chi connectivity index (χ3v) is 4.61. The maximum atomic E-state index is 12.1. The summed E-state index contributed by atoms with van der Waals surface area (Å²) in [5, 5.41) is 2.89. The maximum Gasteiger partial charge on any atom is 0.333 e. The summed E-state index contributed by atoms with van der Waals surface area (Å²) >= 11 is 0. The number of urea groups is 1. The van der Waals surface area contributed by atoms with Crippen LogP contribution in [0.5, 0.6) is 5.75 Å². The zero-order valence-corrected chi connectivity index (χ0v) is 15.7. The summed E-state index contributed by atoms with van der Waals surface area (Å²) in [6.07, 6.45) is 10.2. The number of ether oxygens (including phenoxy) is 1. The molecule has 6 nitrogen and oxygen atoms in total. The van der Waals surface area contributed by atoms with Crippen LogP contribution in [0.25, 0.3) is 0 Å². The van der Waals surface area contributed by atoms with Crippen LogP contribution in [-0.4, -0.2) is 24.6 Å².